The zero-order valence-electron chi connectivity index (χ0n) is 20.3. The van der Waals surface area contributed by atoms with Crippen molar-refractivity contribution >= 4 is 17.4 Å². The van der Waals surface area contributed by atoms with Crippen molar-refractivity contribution in [3.63, 3.8) is 0 Å². The van der Waals surface area contributed by atoms with E-state index in [1.807, 2.05) is 45.8 Å². The molecule has 35 heavy (non-hydrogen) atoms. The number of rotatable bonds is 6. The van der Waals surface area contributed by atoms with Crippen LogP contribution in [-0.2, 0) is 23.8 Å². The molecule has 8 nitrogen and oxygen atoms in total. The van der Waals surface area contributed by atoms with Gasteiger partial charge in [-0.15, -0.1) is 0 Å². The number of carbonyl (C=O) groups is 1. The maximum Gasteiger partial charge on any atom is 0.433 e. The first-order chi connectivity index (χ1) is 16.5. The zero-order valence-corrected chi connectivity index (χ0v) is 20.3. The average molecular weight is 488 g/mol. The standard InChI is InChI=1S/C24H28F3N7O/c1-13(2)21-23(35)32-20-14(3)30-19(31-22(20)33(21)5)9-6-16-10-29-34(12-16)15(4)17-7-8-18(28-11-17)24(25,26)27/h7-8,10-13,15,21H,6,9H2,1-5H3,(H,32,35)/t15-,21-/m0/s1. The Hall–Kier alpha value is -3.50. The Morgan fingerprint density at radius 2 is 1.86 bits per heavy atom. The van der Waals surface area contributed by atoms with Crippen LogP contribution in [0.3, 0.4) is 0 Å². The van der Waals surface area contributed by atoms with E-state index in [2.05, 4.69) is 20.4 Å². The molecular weight excluding hydrogens is 459 g/mol. The van der Waals surface area contributed by atoms with Crippen LogP contribution in [0.5, 0.6) is 0 Å². The Bertz CT molecular complexity index is 1220. The highest BCUT2D eigenvalue weighted by molar-refractivity contribution is 6.03. The molecule has 4 rings (SSSR count). The quantitative estimate of drug-likeness (QED) is 0.561. The van der Waals surface area contributed by atoms with Crippen LogP contribution in [0.4, 0.5) is 24.7 Å². The van der Waals surface area contributed by atoms with Crippen molar-refractivity contribution in [1.82, 2.24) is 24.7 Å². The molecular formula is C24H28F3N7O. The first-order valence-corrected chi connectivity index (χ1v) is 11.4. The van der Waals surface area contributed by atoms with Crippen LogP contribution in [0, 0.1) is 12.8 Å². The molecule has 0 fully saturated rings. The molecule has 0 radical (unpaired) electrons. The number of hydrogen-bond acceptors (Lipinski definition) is 6. The topological polar surface area (TPSA) is 88.8 Å². The molecule has 0 aliphatic carbocycles. The summed E-state index contributed by atoms with van der Waals surface area (Å²) >= 11 is 0. The number of aromatic nitrogens is 5. The van der Waals surface area contributed by atoms with Gasteiger partial charge in [-0.1, -0.05) is 19.9 Å². The number of anilines is 2. The lowest BCUT2D eigenvalue weighted by Gasteiger charge is -2.36. The van der Waals surface area contributed by atoms with Crippen molar-refractivity contribution in [3.8, 4) is 0 Å². The number of amides is 1. The number of hydrogen-bond donors (Lipinski definition) is 1. The van der Waals surface area contributed by atoms with Gasteiger partial charge in [0.25, 0.3) is 0 Å². The first-order valence-electron chi connectivity index (χ1n) is 11.4. The van der Waals surface area contributed by atoms with E-state index in [4.69, 9.17) is 4.98 Å². The van der Waals surface area contributed by atoms with E-state index < -0.39 is 11.9 Å². The summed E-state index contributed by atoms with van der Waals surface area (Å²) in [6, 6.07) is 1.83. The number of fused-ring (bicyclic) bond motifs is 1. The fourth-order valence-electron chi connectivity index (χ4n) is 4.33. The van der Waals surface area contributed by atoms with Gasteiger partial charge < -0.3 is 10.2 Å². The van der Waals surface area contributed by atoms with Crippen molar-refractivity contribution in [2.75, 3.05) is 17.3 Å². The van der Waals surface area contributed by atoms with Gasteiger partial charge in [-0.2, -0.15) is 18.3 Å². The number of pyridine rings is 1. The van der Waals surface area contributed by atoms with Gasteiger partial charge in [0.2, 0.25) is 5.91 Å². The second-order valence-electron chi connectivity index (χ2n) is 9.19. The highest BCUT2D eigenvalue weighted by Crippen LogP contribution is 2.33. The summed E-state index contributed by atoms with van der Waals surface area (Å²) in [5.74, 6) is 1.45. The van der Waals surface area contributed by atoms with Crippen molar-refractivity contribution in [3.05, 3.63) is 59.1 Å². The highest BCUT2D eigenvalue weighted by Gasteiger charge is 2.35. The molecule has 11 heteroatoms. The second kappa shape index (κ2) is 9.27. The molecule has 1 amide bonds. The molecule has 1 N–H and O–H groups in total. The highest BCUT2D eigenvalue weighted by atomic mass is 19.4. The van der Waals surface area contributed by atoms with E-state index in [1.165, 1.54) is 12.3 Å². The van der Waals surface area contributed by atoms with Crippen LogP contribution < -0.4 is 10.2 Å². The summed E-state index contributed by atoms with van der Waals surface area (Å²) in [7, 11) is 1.87. The molecule has 4 heterocycles. The summed E-state index contributed by atoms with van der Waals surface area (Å²) in [4.78, 5) is 27.3. The number of likely N-dealkylation sites (N-methyl/N-ethyl adjacent to an activating group) is 1. The van der Waals surface area contributed by atoms with E-state index in [1.54, 1.807) is 10.9 Å². The number of carbonyl (C=O) groups excluding carboxylic acids is 1. The average Bonchev–Trinajstić information content (AvgIpc) is 3.26. The Labute approximate surface area is 201 Å². The molecule has 2 atom stereocenters. The zero-order chi connectivity index (χ0) is 25.5. The molecule has 0 aromatic carbocycles. The summed E-state index contributed by atoms with van der Waals surface area (Å²) in [5.41, 5.74) is 2.03. The third-order valence-corrected chi connectivity index (χ3v) is 6.27. The molecule has 3 aromatic rings. The minimum Gasteiger partial charge on any atom is -0.346 e. The molecule has 3 aromatic heterocycles. The molecule has 0 bridgehead atoms. The minimum atomic E-state index is -4.46. The van der Waals surface area contributed by atoms with Crippen LogP contribution in [-0.4, -0.2) is 43.7 Å². The molecule has 0 spiro atoms. The maximum absolute atomic E-state index is 12.8. The summed E-state index contributed by atoms with van der Waals surface area (Å²) in [6.45, 7) is 7.71. The van der Waals surface area contributed by atoms with Crippen LogP contribution in [0.1, 0.15) is 55.2 Å². The van der Waals surface area contributed by atoms with Crippen molar-refractivity contribution < 1.29 is 18.0 Å². The Balaban J connectivity index is 1.46. The third kappa shape index (κ3) is 4.98. The molecule has 186 valence electrons. The van der Waals surface area contributed by atoms with Gasteiger partial charge >= 0.3 is 6.18 Å². The maximum atomic E-state index is 12.8. The summed E-state index contributed by atoms with van der Waals surface area (Å²) < 4.78 is 40.0. The van der Waals surface area contributed by atoms with E-state index in [-0.39, 0.29) is 23.9 Å². The van der Waals surface area contributed by atoms with E-state index in [9.17, 15) is 18.0 Å². The SMILES string of the molecule is Cc1nc(CCc2cnn([C@@H](C)c3ccc(C(F)(F)F)nc3)c2)nc2c1NC(=O)[C@H](C(C)C)N2C. The number of alkyl halides is 3. The predicted octanol–water partition coefficient (Wildman–Crippen LogP) is 4.20. The van der Waals surface area contributed by atoms with E-state index >= 15 is 0 Å². The molecule has 0 saturated heterocycles. The fraction of sp³-hybridized carbons (Fsp3) is 0.458. The monoisotopic (exact) mass is 487 g/mol. The Morgan fingerprint density at radius 3 is 2.49 bits per heavy atom. The van der Waals surface area contributed by atoms with Crippen LogP contribution >= 0.6 is 0 Å². The molecule has 1 aliphatic rings. The van der Waals surface area contributed by atoms with Gasteiger partial charge in [0.1, 0.15) is 23.2 Å². The lowest BCUT2D eigenvalue weighted by molar-refractivity contribution is -0.141. The Kier molecular flexibility index (Phi) is 6.52. The van der Waals surface area contributed by atoms with Gasteiger partial charge in [0, 0.05) is 25.9 Å². The first kappa shape index (κ1) is 24.6. The minimum absolute atomic E-state index is 0.0563. The van der Waals surface area contributed by atoms with Gasteiger partial charge in [-0.25, -0.2) is 9.97 Å². The molecule has 0 unspecified atom stereocenters. The summed E-state index contributed by atoms with van der Waals surface area (Å²) in [5, 5.41) is 7.33. The van der Waals surface area contributed by atoms with Crippen molar-refractivity contribution in [1.29, 1.82) is 0 Å². The number of aryl methyl sites for hydroxylation is 3. The Morgan fingerprint density at radius 1 is 1.11 bits per heavy atom. The number of nitrogens with one attached hydrogen (secondary N) is 1. The molecule has 0 saturated carbocycles. The lowest BCUT2D eigenvalue weighted by Crippen LogP contribution is -2.49. The van der Waals surface area contributed by atoms with Crippen LogP contribution in [0.15, 0.2) is 30.7 Å². The second-order valence-corrected chi connectivity index (χ2v) is 9.19. The van der Waals surface area contributed by atoms with Gasteiger partial charge in [-0.05, 0) is 43.4 Å². The van der Waals surface area contributed by atoms with Crippen molar-refractivity contribution in [2.24, 2.45) is 5.92 Å². The van der Waals surface area contributed by atoms with Gasteiger partial charge in [-0.3, -0.25) is 14.5 Å². The predicted molar refractivity (Wildman–Crippen MR) is 125 cm³/mol. The fourth-order valence-corrected chi connectivity index (χ4v) is 4.33. The normalized spacial score (nSPS) is 16.9. The number of halogens is 3. The smallest absolute Gasteiger partial charge is 0.346 e. The molecule has 1 aliphatic heterocycles. The van der Waals surface area contributed by atoms with Gasteiger partial charge in [0.05, 0.1) is 17.9 Å². The third-order valence-electron chi connectivity index (χ3n) is 6.27. The van der Waals surface area contributed by atoms with Crippen LogP contribution in [0.25, 0.3) is 0 Å². The van der Waals surface area contributed by atoms with Crippen LogP contribution in [0.2, 0.25) is 0 Å². The van der Waals surface area contributed by atoms with E-state index in [0.29, 0.717) is 41.4 Å². The van der Waals surface area contributed by atoms with Gasteiger partial charge in [0.15, 0.2) is 5.82 Å². The summed E-state index contributed by atoms with van der Waals surface area (Å²) in [6.07, 6.45) is 1.59. The lowest BCUT2D eigenvalue weighted by atomic mass is 9.99. The number of nitrogens with zero attached hydrogens (tertiary/aromatic N) is 6. The largest absolute Gasteiger partial charge is 0.433 e. The van der Waals surface area contributed by atoms with E-state index in [0.717, 1.165) is 11.6 Å². The van der Waals surface area contributed by atoms with Crippen molar-refractivity contribution in [2.45, 2.75) is 58.8 Å².